The van der Waals surface area contributed by atoms with Gasteiger partial charge in [0, 0.05) is 13.1 Å². The molecule has 0 saturated carbocycles. The number of nitrogens with zero attached hydrogens (tertiary/aromatic N) is 2. The molecule has 1 rings (SSSR count). The summed E-state index contributed by atoms with van der Waals surface area (Å²) in [6.45, 7) is 0. The van der Waals surface area contributed by atoms with Crippen LogP contribution in [0.1, 0.15) is 0 Å². The van der Waals surface area contributed by atoms with E-state index >= 15 is 0 Å². The van der Waals surface area contributed by atoms with Crippen molar-refractivity contribution < 1.29 is 9.53 Å². The molecule has 13 heavy (non-hydrogen) atoms. The van der Waals surface area contributed by atoms with E-state index in [-0.39, 0.29) is 5.88 Å². The van der Waals surface area contributed by atoms with Crippen molar-refractivity contribution in [3.8, 4) is 5.88 Å². The molecule has 1 aromatic rings. The first kappa shape index (κ1) is 9.79. The fourth-order valence-corrected chi connectivity index (χ4v) is 0.944. The van der Waals surface area contributed by atoms with Gasteiger partial charge in [0.05, 0.1) is 0 Å². The maximum atomic E-state index is 10.7. The number of aromatic nitrogens is 2. The second-order valence-electron chi connectivity index (χ2n) is 2.05. The van der Waals surface area contributed by atoms with Crippen LogP contribution in [0, 0.1) is 0 Å². The van der Waals surface area contributed by atoms with Crippen LogP contribution < -0.4 is 10.1 Å². The summed E-state index contributed by atoms with van der Waals surface area (Å²) in [6, 6.07) is 3.32. The van der Waals surface area contributed by atoms with E-state index in [9.17, 15) is 4.79 Å². The molecule has 0 aliphatic rings. The number of hydrogen-bond acceptors (Lipinski definition) is 5. The van der Waals surface area contributed by atoms with Gasteiger partial charge in [-0.25, -0.2) is 4.79 Å². The molecule has 0 unspecified atom stereocenters. The highest BCUT2D eigenvalue weighted by Crippen LogP contribution is 2.12. The van der Waals surface area contributed by atoms with Crippen molar-refractivity contribution in [3.63, 3.8) is 0 Å². The average Bonchev–Trinajstić information content (AvgIpc) is 2.19. The van der Waals surface area contributed by atoms with Crippen molar-refractivity contribution in [1.82, 2.24) is 15.5 Å². The number of hydrogen-bond donors (Lipinski definition) is 1. The molecule has 70 valence electrons. The van der Waals surface area contributed by atoms with E-state index in [4.69, 9.17) is 4.74 Å². The van der Waals surface area contributed by atoms with Crippen molar-refractivity contribution in [2.75, 3.05) is 13.3 Å². The third-order valence-corrected chi connectivity index (χ3v) is 1.86. The van der Waals surface area contributed by atoms with Crippen LogP contribution in [0.2, 0.25) is 0 Å². The molecule has 0 bridgehead atoms. The zero-order chi connectivity index (χ0) is 9.68. The van der Waals surface area contributed by atoms with E-state index in [0.717, 1.165) is 5.03 Å². The molecule has 0 fully saturated rings. The van der Waals surface area contributed by atoms with Crippen LogP contribution in [0.15, 0.2) is 17.2 Å². The highest BCUT2D eigenvalue weighted by Gasteiger charge is 2.02. The zero-order valence-corrected chi connectivity index (χ0v) is 8.09. The Bertz CT molecular complexity index is 288. The van der Waals surface area contributed by atoms with Gasteiger partial charge in [0.25, 0.3) is 0 Å². The summed E-state index contributed by atoms with van der Waals surface area (Å²) in [5.41, 5.74) is 0. The summed E-state index contributed by atoms with van der Waals surface area (Å²) in [4.78, 5) is 10.7. The van der Waals surface area contributed by atoms with E-state index < -0.39 is 6.09 Å². The predicted octanol–water partition coefficient (Wildman–Crippen LogP) is 0.917. The van der Waals surface area contributed by atoms with Crippen LogP contribution in [0.4, 0.5) is 4.79 Å². The molecule has 0 atom stereocenters. The lowest BCUT2D eigenvalue weighted by molar-refractivity contribution is 0.200. The average molecular weight is 199 g/mol. The lowest BCUT2D eigenvalue weighted by Crippen LogP contribution is -2.22. The number of thioether (sulfide) groups is 1. The van der Waals surface area contributed by atoms with Gasteiger partial charge in [0.2, 0.25) is 5.88 Å². The van der Waals surface area contributed by atoms with Gasteiger partial charge in [-0.3, -0.25) is 0 Å². The van der Waals surface area contributed by atoms with Crippen molar-refractivity contribution in [2.24, 2.45) is 0 Å². The van der Waals surface area contributed by atoms with Crippen LogP contribution in [0.25, 0.3) is 0 Å². The smallest absolute Gasteiger partial charge is 0.390 e. The fourth-order valence-electron chi connectivity index (χ4n) is 0.617. The number of ether oxygens (including phenoxy) is 1. The first-order chi connectivity index (χ1) is 6.26. The number of carbonyl (C=O) groups is 1. The Kier molecular flexibility index (Phi) is 3.51. The van der Waals surface area contributed by atoms with Gasteiger partial charge in [0.1, 0.15) is 5.03 Å². The molecule has 0 aliphatic carbocycles. The van der Waals surface area contributed by atoms with Crippen LogP contribution >= 0.6 is 11.8 Å². The Hall–Kier alpha value is -1.30. The Morgan fingerprint density at radius 2 is 2.31 bits per heavy atom. The van der Waals surface area contributed by atoms with Gasteiger partial charge in [-0.05, 0) is 12.3 Å². The van der Waals surface area contributed by atoms with Crippen molar-refractivity contribution in [1.29, 1.82) is 0 Å². The highest BCUT2D eigenvalue weighted by atomic mass is 32.2. The van der Waals surface area contributed by atoms with Gasteiger partial charge in [-0.1, -0.05) is 0 Å². The quantitative estimate of drug-likeness (QED) is 0.717. The number of amides is 1. The second kappa shape index (κ2) is 4.66. The molecule has 1 amide bonds. The highest BCUT2D eigenvalue weighted by molar-refractivity contribution is 7.98. The lowest BCUT2D eigenvalue weighted by atomic mass is 10.6. The van der Waals surface area contributed by atoms with Crippen LogP contribution in [0.5, 0.6) is 5.88 Å². The largest absolute Gasteiger partial charge is 0.413 e. The summed E-state index contributed by atoms with van der Waals surface area (Å²) < 4.78 is 4.73. The molecule has 0 saturated heterocycles. The third-order valence-electron chi connectivity index (χ3n) is 1.23. The molecule has 1 N–H and O–H groups in total. The van der Waals surface area contributed by atoms with E-state index in [1.54, 1.807) is 12.1 Å². The Morgan fingerprint density at radius 3 is 2.77 bits per heavy atom. The molecule has 1 aromatic heterocycles. The van der Waals surface area contributed by atoms with E-state index in [1.807, 2.05) is 6.26 Å². The van der Waals surface area contributed by atoms with Gasteiger partial charge in [-0.15, -0.1) is 22.0 Å². The van der Waals surface area contributed by atoms with Crippen LogP contribution in [-0.2, 0) is 0 Å². The minimum Gasteiger partial charge on any atom is -0.390 e. The number of nitrogens with one attached hydrogen (secondary N) is 1. The maximum Gasteiger partial charge on any atom is 0.413 e. The molecule has 0 aromatic carbocycles. The zero-order valence-electron chi connectivity index (χ0n) is 7.27. The molecule has 5 nitrogen and oxygen atoms in total. The van der Waals surface area contributed by atoms with Crippen molar-refractivity contribution in [2.45, 2.75) is 5.03 Å². The van der Waals surface area contributed by atoms with Crippen molar-refractivity contribution >= 4 is 17.9 Å². The molecule has 6 heteroatoms. The van der Waals surface area contributed by atoms with Crippen molar-refractivity contribution in [3.05, 3.63) is 12.1 Å². The van der Waals surface area contributed by atoms with Crippen LogP contribution in [0.3, 0.4) is 0 Å². The van der Waals surface area contributed by atoms with Gasteiger partial charge < -0.3 is 10.1 Å². The molecular weight excluding hydrogens is 190 g/mol. The Labute approximate surface area is 79.9 Å². The van der Waals surface area contributed by atoms with Gasteiger partial charge >= 0.3 is 6.09 Å². The first-order valence-corrected chi connectivity index (χ1v) is 4.76. The summed E-state index contributed by atoms with van der Waals surface area (Å²) in [5, 5.41) is 10.6. The minimum absolute atomic E-state index is 0.192. The summed E-state index contributed by atoms with van der Waals surface area (Å²) in [6.07, 6.45) is 1.34. The third kappa shape index (κ3) is 2.90. The maximum absolute atomic E-state index is 10.7. The van der Waals surface area contributed by atoms with E-state index in [2.05, 4.69) is 15.5 Å². The molecule has 1 heterocycles. The van der Waals surface area contributed by atoms with E-state index in [1.165, 1.54) is 18.8 Å². The molecule has 0 radical (unpaired) electrons. The second-order valence-corrected chi connectivity index (χ2v) is 2.88. The molecule has 0 spiro atoms. The van der Waals surface area contributed by atoms with Gasteiger partial charge in [-0.2, -0.15) is 0 Å². The van der Waals surface area contributed by atoms with Crippen LogP contribution in [-0.4, -0.2) is 29.6 Å². The minimum atomic E-state index is -0.550. The molecular formula is C7H9N3O2S. The number of carbonyl (C=O) groups excluding carboxylic acids is 1. The number of rotatable bonds is 2. The SMILES string of the molecule is CNC(=O)Oc1ccc(SC)nn1. The van der Waals surface area contributed by atoms with E-state index in [0.29, 0.717) is 0 Å². The van der Waals surface area contributed by atoms with Gasteiger partial charge in [0.15, 0.2) is 0 Å². The summed E-state index contributed by atoms with van der Waals surface area (Å²) in [7, 11) is 1.48. The Balaban J connectivity index is 2.64. The normalized spacial score (nSPS) is 9.38. The first-order valence-electron chi connectivity index (χ1n) is 3.53. The molecule has 0 aliphatic heterocycles. The fraction of sp³-hybridized carbons (Fsp3) is 0.286. The Morgan fingerprint density at radius 1 is 1.54 bits per heavy atom. The topological polar surface area (TPSA) is 64.1 Å². The summed E-state index contributed by atoms with van der Waals surface area (Å²) >= 11 is 1.47. The monoisotopic (exact) mass is 199 g/mol. The lowest BCUT2D eigenvalue weighted by Gasteiger charge is -2.00. The predicted molar refractivity (Wildman–Crippen MR) is 48.9 cm³/mol. The standard InChI is InChI=1S/C7H9N3O2S/c1-8-7(11)12-5-3-4-6(13-2)10-9-5/h3-4H,1-2H3,(H,8,11). The summed E-state index contributed by atoms with van der Waals surface area (Å²) in [5.74, 6) is 0.192.